The summed E-state index contributed by atoms with van der Waals surface area (Å²) in [7, 11) is 1.81. The van der Waals surface area contributed by atoms with E-state index in [-0.39, 0.29) is 53.0 Å². The summed E-state index contributed by atoms with van der Waals surface area (Å²) in [6.45, 7) is 6.89. The van der Waals surface area contributed by atoms with Gasteiger partial charge in [0.2, 0.25) is 5.95 Å². The van der Waals surface area contributed by atoms with E-state index in [0.29, 0.717) is 25.3 Å². The summed E-state index contributed by atoms with van der Waals surface area (Å²) < 4.78 is 51.4. The van der Waals surface area contributed by atoms with Crippen molar-refractivity contribution in [3.8, 4) is 11.5 Å². The van der Waals surface area contributed by atoms with Crippen molar-refractivity contribution in [2.24, 2.45) is 0 Å². The zero-order valence-electron chi connectivity index (χ0n) is 22.9. The molecule has 4 rings (SSSR count). The molecule has 3 heterocycles. The number of aromatic nitrogens is 2. The third-order valence-electron chi connectivity index (χ3n) is 6.76. The molecule has 2 aliphatic rings. The number of hydrogen-bond donors (Lipinski definition) is 3. The van der Waals surface area contributed by atoms with Crippen molar-refractivity contribution in [3.05, 3.63) is 30.2 Å². The molecule has 0 atom stereocenters. The van der Waals surface area contributed by atoms with E-state index in [4.69, 9.17) is 4.74 Å². The molecule has 0 saturated carbocycles. The lowest BCUT2D eigenvalue weighted by Gasteiger charge is -2.49. The number of nitrogens with one attached hydrogen (secondary N) is 3. The summed E-state index contributed by atoms with van der Waals surface area (Å²) in [4.78, 5) is 23.5. The minimum Gasteiger partial charge on any atom is -0.488 e. The second kappa shape index (κ2) is 11.3. The van der Waals surface area contributed by atoms with Gasteiger partial charge in [-0.05, 0) is 52.7 Å². The fourth-order valence-corrected chi connectivity index (χ4v) is 5.39. The second-order valence-corrected chi connectivity index (χ2v) is 11.2. The van der Waals surface area contributed by atoms with Crippen molar-refractivity contribution in [2.45, 2.75) is 64.3 Å². The summed E-state index contributed by atoms with van der Waals surface area (Å²) in [5.41, 5.74) is 0.0648. The minimum absolute atomic E-state index is 0.0302. The number of nitrogens with zero attached hydrogens (tertiary/aromatic N) is 4. The molecule has 3 N–H and O–H groups in total. The van der Waals surface area contributed by atoms with Crippen LogP contribution in [0.5, 0.6) is 11.5 Å². The molecule has 2 fully saturated rings. The largest absolute Gasteiger partial charge is 0.488 e. The van der Waals surface area contributed by atoms with Gasteiger partial charge in [0.1, 0.15) is 6.61 Å². The van der Waals surface area contributed by atoms with Gasteiger partial charge in [-0.1, -0.05) is 0 Å². The number of urea groups is 1. The van der Waals surface area contributed by atoms with Crippen molar-refractivity contribution >= 4 is 23.5 Å². The van der Waals surface area contributed by atoms with Crippen LogP contribution in [0.4, 0.5) is 35.4 Å². The van der Waals surface area contributed by atoms with Crippen LogP contribution in [-0.4, -0.2) is 77.9 Å². The number of amides is 2. The first-order chi connectivity index (χ1) is 18.3. The van der Waals surface area contributed by atoms with Crippen molar-refractivity contribution in [1.82, 2.24) is 25.5 Å². The average molecular weight is 552 g/mol. The van der Waals surface area contributed by atoms with Crippen LogP contribution in [0.1, 0.15) is 40.5 Å². The number of halogens is 3. The Morgan fingerprint density at radius 3 is 2.56 bits per heavy atom. The van der Waals surface area contributed by atoms with E-state index in [0.717, 1.165) is 19.0 Å². The lowest BCUT2D eigenvalue weighted by molar-refractivity contribution is -0.0514. The molecule has 39 heavy (non-hydrogen) atoms. The van der Waals surface area contributed by atoms with Gasteiger partial charge >= 0.3 is 12.6 Å². The first-order valence-corrected chi connectivity index (χ1v) is 12.9. The third kappa shape index (κ3) is 7.34. The number of rotatable bonds is 10. The average Bonchev–Trinajstić information content (AvgIpc) is 3.23. The Balaban J connectivity index is 1.48. The molecule has 1 aromatic heterocycles. The number of benzene rings is 1. The number of piperidine rings is 1. The lowest BCUT2D eigenvalue weighted by atomic mass is 9.79. The zero-order valence-corrected chi connectivity index (χ0v) is 22.9. The Kier molecular flexibility index (Phi) is 8.28. The van der Waals surface area contributed by atoms with E-state index in [1.807, 2.05) is 11.9 Å². The van der Waals surface area contributed by atoms with Gasteiger partial charge in [0, 0.05) is 49.0 Å². The highest BCUT2D eigenvalue weighted by Gasteiger charge is 2.40. The monoisotopic (exact) mass is 551 g/mol. The van der Waals surface area contributed by atoms with E-state index in [2.05, 4.69) is 58.4 Å². The highest BCUT2D eigenvalue weighted by molar-refractivity contribution is 5.76. The molecule has 13 heteroatoms. The van der Waals surface area contributed by atoms with Crippen LogP contribution in [-0.2, 0) is 0 Å². The van der Waals surface area contributed by atoms with E-state index < -0.39 is 12.4 Å². The molecular formula is C26H36F3N7O3. The molecule has 1 aromatic carbocycles. The predicted octanol–water partition coefficient (Wildman–Crippen LogP) is 4.11. The Morgan fingerprint density at radius 1 is 1.21 bits per heavy atom. The highest BCUT2D eigenvalue weighted by Crippen LogP contribution is 2.35. The summed E-state index contributed by atoms with van der Waals surface area (Å²) >= 11 is 0. The van der Waals surface area contributed by atoms with Gasteiger partial charge < -0.3 is 35.2 Å². The maximum absolute atomic E-state index is 14.9. The van der Waals surface area contributed by atoms with Crippen LogP contribution in [0.3, 0.4) is 0 Å². The fraction of sp³-hybridized carbons (Fsp3) is 0.577. The summed E-state index contributed by atoms with van der Waals surface area (Å²) in [5.74, 6) is -0.422. The maximum atomic E-state index is 14.9. The van der Waals surface area contributed by atoms with Gasteiger partial charge in [-0.2, -0.15) is 13.8 Å². The number of anilines is 3. The van der Waals surface area contributed by atoms with Crippen LogP contribution < -0.4 is 30.3 Å². The van der Waals surface area contributed by atoms with Gasteiger partial charge in [-0.15, -0.1) is 0 Å². The number of carbonyl (C=O) groups is 1. The Bertz CT molecular complexity index is 1170. The van der Waals surface area contributed by atoms with Crippen LogP contribution >= 0.6 is 0 Å². The van der Waals surface area contributed by atoms with Gasteiger partial charge in [0.15, 0.2) is 23.1 Å². The molecule has 10 nitrogen and oxygen atoms in total. The van der Waals surface area contributed by atoms with Crippen LogP contribution in [0, 0.1) is 5.82 Å². The number of carbonyl (C=O) groups excluding carboxylic acids is 1. The van der Waals surface area contributed by atoms with Crippen molar-refractivity contribution in [3.63, 3.8) is 0 Å². The number of alkyl halides is 2. The summed E-state index contributed by atoms with van der Waals surface area (Å²) in [5, 5.41) is 9.24. The fourth-order valence-electron chi connectivity index (χ4n) is 5.39. The topological polar surface area (TPSA) is 104 Å². The Hall–Kier alpha value is -3.48. The highest BCUT2D eigenvalue weighted by atomic mass is 19.3. The normalized spacial score (nSPS) is 18.7. The molecule has 2 aliphatic heterocycles. The molecule has 2 amide bonds. The minimum atomic E-state index is -3.08. The van der Waals surface area contributed by atoms with Gasteiger partial charge in [-0.25, -0.2) is 14.2 Å². The van der Waals surface area contributed by atoms with Crippen molar-refractivity contribution in [1.29, 1.82) is 0 Å². The van der Waals surface area contributed by atoms with E-state index in [1.54, 1.807) is 11.0 Å². The molecule has 2 saturated heterocycles. The first kappa shape index (κ1) is 28.5. The Labute approximate surface area is 226 Å². The zero-order chi connectivity index (χ0) is 28.4. The maximum Gasteiger partial charge on any atom is 0.387 e. The van der Waals surface area contributed by atoms with Crippen LogP contribution in [0.2, 0.25) is 0 Å². The predicted molar refractivity (Wildman–Crippen MR) is 142 cm³/mol. The van der Waals surface area contributed by atoms with Gasteiger partial charge in [-0.3, -0.25) is 0 Å². The SMILES string of the molecule is CN(c1nc(Nc2ccc(OCCN3CCNC3=O)c(OC(F)F)c2)ncc1F)C1CC(C)(C)NC(C)(C)C1. The van der Waals surface area contributed by atoms with E-state index in [1.165, 1.54) is 12.1 Å². The molecule has 0 aliphatic carbocycles. The van der Waals surface area contributed by atoms with Gasteiger partial charge in [0.05, 0.1) is 12.7 Å². The number of ether oxygens (including phenoxy) is 2. The molecular weight excluding hydrogens is 515 g/mol. The van der Waals surface area contributed by atoms with E-state index in [9.17, 15) is 18.0 Å². The van der Waals surface area contributed by atoms with Crippen LogP contribution in [0.15, 0.2) is 24.4 Å². The number of hydrogen-bond acceptors (Lipinski definition) is 8. The lowest BCUT2D eigenvalue weighted by Crippen LogP contribution is -2.62. The standard InChI is InChI=1S/C26H36F3N7O3/c1-25(2)13-17(14-26(3,4)34-25)35(5)21-18(27)15-31-23(33-21)32-16-6-7-19(20(12-16)39-22(28)29)38-11-10-36-9-8-30-24(36)37/h6-7,12,15,17,22,34H,8-11,13-14H2,1-5H3,(H,30,37)(H,31,32,33). The molecule has 0 unspecified atom stereocenters. The van der Waals surface area contributed by atoms with Crippen molar-refractivity contribution < 1.29 is 27.4 Å². The van der Waals surface area contributed by atoms with Gasteiger partial charge in [0.25, 0.3) is 0 Å². The second-order valence-electron chi connectivity index (χ2n) is 11.2. The summed E-state index contributed by atoms with van der Waals surface area (Å²) in [6.07, 6.45) is 2.66. The van der Waals surface area contributed by atoms with Crippen molar-refractivity contribution in [2.75, 3.05) is 43.5 Å². The van der Waals surface area contributed by atoms with E-state index >= 15 is 0 Å². The third-order valence-corrected chi connectivity index (χ3v) is 6.76. The summed E-state index contributed by atoms with van der Waals surface area (Å²) in [6, 6.07) is 4.23. The first-order valence-electron chi connectivity index (χ1n) is 12.9. The molecule has 214 valence electrons. The molecule has 0 bridgehead atoms. The quantitative estimate of drug-likeness (QED) is 0.406. The molecule has 0 radical (unpaired) electrons. The van der Waals surface area contributed by atoms with Crippen LogP contribution in [0.25, 0.3) is 0 Å². The smallest absolute Gasteiger partial charge is 0.387 e. The Morgan fingerprint density at radius 2 is 1.92 bits per heavy atom. The molecule has 2 aromatic rings. The molecule has 0 spiro atoms.